The van der Waals surface area contributed by atoms with Crippen molar-refractivity contribution in [3.8, 4) is 17.5 Å². The fourth-order valence-corrected chi connectivity index (χ4v) is 1.72. The van der Waals surface area contributed by atoms with Crippen LogP contribution in [0.4, 0.5) is 13.2 Å². The van der Waals surface area contributed by atoms with Gasteiger partial charge in [-0.3, -0.25) is 0 Å². The van der Waals surface area contributed by atoms with Gasteiger partial charge in [0.1, 0.15) is 5.82 Å². The molecule has 98 valence electrons. The van der Waals surface area contributed by atoms with Gasteiger partial charge in [-0.1, -0.05) is 30.3 Å². The molecule has 0 radical (unpaired) electrons. The first-order valence-corrected chi connectivity index (χ1v) is 5.55. The number of nitrogens with zero attached hydrogens (tertiary/aromatic N) is 3. The minimum Gasteiger partial charge on any atom is -0.329 e. The first kappa shape index (κ1) is 13.1. The number of nitriles is 1. The molecule has 1 heterocycles. The third-order valence-electron chi connectivity index (χ3n) is 2.68. The lowest BCUT2D eigenvalue weighted by Crippen LogP contribution is -2.26. The first-order valence-electron chi connectivity index (χ1n) is 5.55. The normalized spacial score (nSPS) is 12.9. The molecule has 0 saturated carbocycles. The summed E-state index contributed by atoms with van der Waals surface area (Å²) in [6, 6.07) is 10.2. The van der Waals surface area contributed by atoms with Crippen LogP contribution in [0.15, 0.2) is 42.7 Å². The Hall–Kier alpha value is -2.29. The second-order valence-electron chi connectivity index (χ2n) is 3.99. The summed E-state index contributed by atoms with van der Waals surface area (Å²) < 4.78 is 39.1. The zero-order chi connectivity index (χ0) is 13.9. The number of alkyl halides is 3. The Bertz CT molecular complexity index is 581. The predicted molar refractivity (Wildman–Crippen MR) is 62.8 cm³/mol. The lowest BCUT2D eigenvalue weighted by atomic mass is 10.1. The van der Waals surface area contributed by atoms with E-state index in [1.807, 2.05) is 6.07 Å². The number of aromatic nitrogens is 2. The van der Waals surface area contributed by atoms with E-state index < -0.39 is 18.6 Å². The molecule has 19 heavy (non-hydrogen) atoms. The molecule has 0 amide bonds. The highest BCUT2D eigenvalue weighted by molar-refractivity contribution is 5.55. The van der Waals surface area contributed by atoms with E-state index in [0.29, 0.717) is 11.4 Å². The van der Waals surface area contributed by atoms with Gasteiger partial charge in [0.2, 0.25) is 0 Å². The van der Waals surface area contributed by atoms with Crippen molar-refractivity contribution >= 4 is 0 Å². The van der Waals surface area contributed by atoms with Gasteiger partial charge in [-0.15, -0.1) is 0 Å². The molecule has 3 nitrogen and oxygen atoms in total. The van der Waals surface area contributed by atoms with Crippen LogP contribution in [0.1, 0.15) is 0 Å². The number of halogens is 3. The van der Waals surface area contributed by atoms with Crippen molar-refractivity contribution in [1.29, 1.82) is 5.26 Å². The second kappa shape index (κ2) is 5.14. The summed E-state index contributed by atoms with van der Waals surface area (Å²) in [4.78, 5) is 4.04. The van der Waals surface area contributed by atoms with Crippen molar-refractivity contribution in [2.45, 2.75) is 12.7 Å². The number of hydrogen-bond acceptors (Lipinski definition) is 2. The smallest absolute Gasteiger partial charge is 0.329 e. The largest absolute Gasteiger partial charge is 0.406 e. The molecular formula is C13H10F3N3. The quantitative estimate of drug-likeness (QED) is 0.854. The Kier molecular flexibility index (Phi) is 3.56. The molecule has 0 aliphatic carbocycles. The molecule has 0 spiro atoms. The van der Waals surface area contributed by atoms with Gasteiger partial charge in [0.05, 0.1) is 6.07 Å². The molecule has 0 bridgehead atoms. The number of rotatable bonds is 3. The lowest BCUT2D eigenvalue weighted by Gasteiger charge is -2.15. The van der Waals surface area contributed by atoms with Gasteiger partial charge in [-0.05, 0) is 0 Å². The van der Waals surface area contributed by atoms with Gasteiger partial charge in [0.25, 0.3) is 0 Å². The van der Waals surface area contributed by atoms with Gasteiger partial charge >= 0.3 is 6.18 Å². The number of hydrogen-bond donors (Lipinski definition) is 0. The maximum atomic E-state index is 12.6. The van der Waals surface area contributed by atoms with Crippen LogP contribution >= 0.6 is 0 Å². The maximum Gasteiger partial charge on any atom is 0.406 e. The molecule has 2 aromatic rings. The Labute approximate surface area is 107 Å². The molecule has 0 N–H and O–H groups in total. The van der Waals surface area contributed by atoms with Crippen LogP contribution in [-0.2, 0) is 6.54 Å². The van der Waals surface area contributed by atoms with Gasteiger partial charge in [-0.2, -0.15) is 18.4 Å². The average molecular weight is 265 g/mol. The average Bonchev–Trinajstić information content (AvgIpc) is 2.83. The van der Waals surface area contributed by atoms with E-state index in [0.717, 1.165) is 0 Å². The van der Waals surface area contributed by atoms with E-state index in [9.17, 15) is 13.2 Å². The maximum absolute atomic E-state index is 12.6. The molecule has 1 unspecified atom stereocenters. The molecule has 0 fully saturated rings. The monoisotopic (exact) mass is 265 g/mol. The summed E-state index contributed by atoms with van der Waals surface area (Å²) in [6.07, 6.45) is -1.67. The second-order valence-corrected chi connectivity index (χ2v) is 3.99. The molecule has 0 aliphatic heterocycles. The SMILES string of the molecule is N#CC(Cn1ccnc1-c1ccccc1)C(F)(F)F. The van der Waals surface area contributed by atoms with Crippen LogP contribution in [0.5, 0.6) is 0 Å². The van der Waals surface area contributed by atoms with Crippen molar-refractivity contribution in [3.05, 3.63) is 42.7 Å². The molecule has 1 aromatic heterocycles. The Morgan fingerprint density at radius 1 is 1.26 bits per heavy atom. The zero-order valence-corrected chi connectivity index (χ0v) is 9.80. The van der Waals surface area contributed by atoms with E-state index in [1.165, 1.54) is 23.0 Å². The van der Waals surface area contributed by atoms with Crippen molar-refractivity contribution < 1.29 is 13.2 Å². The van der Waals surface area contributed by atoms with E-state index in [4.69, 9.17) is 5.26 Å². The van der Waals surface area contributed by atoms with Crippen LogP contribution in [0.25, 0.3) is 11.4 Å². The molecule has 0 aliphatic rings. The predicted octanol–water partition coefficient (Wildman–Crippen LogP) is 3.25. The van der Waals surface area contributed by atoms with Crippen molar-refractivity contribution in [1.82, 2.24) is 9.55 Å². The fraction of sp³-hybridized carbons (Fsp3) is 0.231. The first-order chi connectivity index (χ1) is 9.02. The molecule has 2 rings (SSSR count). The van der Waals surface area contributed by atoms with E-state index in [-0.39, 0.29) is 0 Å². The Balaban J connectivity index is 2.29. The van der Waals surface area contributed by atoms with Crippen molar-refractivity contribution in [2.24, 2.45) is 5.92 Å². The third-order valence-corrected chi connectivity index (χ3v) is 2.68. The van der Waals surface area contributed by atoms with Crippen molar-refractivity contribution in [3.63, 3.8) is 0 Å². The lowest BCUT2D eigenvalue weighted by molar-refractivity contribution is -0.161. The van der Waals surface area contributed by atoms with Crippen LogP contribution in [-0.4, -0.2) is 15.7 Å². The highest BCUT2D eigenvalue weighted by atomic mass is 19.4. The van der Waals surface area contributed by atoms with Crippen LogP contribution in [0.2, 0.25) is 0 Å². The summed E-state index contributed by atoms with van der Waals surface area (Å²) in [7, 11) is 0. The fourth-order valence-electron chi connectivity index (χ4n) is 1.72. The summed E-state index contributed by atoms with van der Waals surface area (Å²) in [5.74, 6) is -1.62. The Morgan fingerprint density at radius 3 is 2.53 bits per heavy atom. The standard InChI is InChI=1S/C13H10F3N3/c14-13(15,16)11(8-17)9-19-7-6-18-12(19)10-4-2-1-3-5-10/h1-7,11H,9H2. The summed E-state index contributed by atoms with van der Waals surface area (Å²) in [5.41, 5.74) is 0.714. The van der Waals surface area contributed by atoms with Crippen LogP contribution in [0, 0.1) is 17.2 Å². The topological polar surface area (TPSA) is 41.6 Å². The summed E-state index contributed by atoms with van der Waals surface area (Å²) >= 11 is 0. The summed E-state index contributed by atoms with van der Waals surface area (Å²) in [5, 5.41) is 8.62. The Morgan fingerprint density at radius 2 is 1.95 bits per heavy atom. The third kappa shape index (κ3) is 2.94. The highest BCUT2D eigenvalue weighted by Gasteiger charge is 2.40. The minimum atomic E-state index is -4.53. The van der Waals surface area contributed by atoms with Gasteiger partial charge in [-0.25, -0.2) is 4.98 Å². The van der Waals surface area contributed by atoms with Gasteiger partial charge in [0.15, 0.2) is 5.92 Å². The molecule has 0 saturated heterocycles. The number of imidazole rings is 1. The zero-order valence-electron chi connectivity index (χ0n) is 9.80. The molecule has 1 aromatic carbocycles. The molecule has 1 atom stereocenters. The highest BCUT2D eigenvalue weighted by Crippen LogP contribution is 2.28. The number of benzene rings is 1. The molecule has 6 heteroatoms. The minimum absolute atomic E-state index is 0.421. The van der Waals surface area contributed by atoms with Crippen LogP contribution in [0.3, 0.4) is 0 Å². The van der Waals surface area contributed by atoms with Gasteiger partial charge in [0, 0.05) is 24.5 Å². The van der Waals surface area contributed by atoms with E-state index in [1.54, 1.807) is 24.3 Å². The van der Waals surface area contributed by atoms with Gasteiger partial charge < -0.3 is 4.57 Å². The van der Waals surface area contributed by atoms with Crippen LogP contribution < -0.4 is 0 Å². The molecular weight excluding hydrogens is 255 g/mol. The summed E-state index contributed by atoms with van der Waals surface area (Å²) in [6.45, 7) is -0.454. The van der Waals surface area contributed by atoms with E-state index >= 15 is 0 Å². The van der Waals surface area contributed by atoms with E-state index in [2.05, 4.69) is 4.98 Å². The van der Waals surface area contributed by atoms with Crippen molar-refractivity contribution in [2.75, 3.05) is 0 Å².